The molecule has 1 aromatic rings. The maximum atomic E-state index is 12.1. The summed E-state index contributed by atoms with van der Waals surface area (Å²) in [6, 6.07) is 2.81. The maximum Gasteiger partial charge on any atom is 0.574 e. The molecule has 0 bridgehead atoms. The molecule has 2 saturated heterocycles. The van der Waals surface area contributed by atoms with Crippen LogP contribution in [0.3, 0.4) is 0 Å². The predicted octanol–water partition coefficient (Wildman–Crippen LogP) is 2.28. The van der Waals surface area contributed by atoms with E-state index in [0.717, 1.165) is 31.6 Å². The van der Waals surface area contributed by atoms with Crippen molar-refractivity contribution in [3.05, 3.63) is 23.9 Å². The third-order valence-corrected chi connectivity index (χ3v) is 6.85. The highest BCUT2D eigenvalue weighted by molar-refractivity contribution is 7.92. The lowest BCUT2D eigenvalue weighted by Crippen LogP contribution is -2.50. The van der Waals surface area contributed by atoms with Gasteiger partial charge in [0.1, 0.15) is 0 Å². The number of halogens is 3. The molecule has 1 aromatic heterocycles. The number of sulfone groups is 1. The van der Waals surface area contributed by atoms with E-state index >= 15 is 0 Å². The van der Waals surface area contributed by atoms with E-state index in [4.69, 9.17) is 0 Å². The number of aromatic nitrogens is 1. The summed E-state index contributed by atoms with van der Waals surface area (Å²) in [5.74, 6) is 0.435. The van der Waals surface area contributed by atoms with Crippen molar-refractivity contribution < 1.29 is 26.3 Å². The lowest BCUT2D eigenvalue weighted by Gasteiger charge is -2.37. The fourth-order valence-corrected chi connectivity index (χ4v) is 6.18. The van der Waals surface area contributed by atoms with Gasteiger partial charge < -0.3 is 9.64 Å². The molecule has 3 rings (SSSR count). The lowest BCUT2D eigenvalue weighted by molar-refractivity contribution is -0.276. The molecule has 0 N–H and O–H groups in total. The van der Waals surface area contributed by atoms with Crippen molar-refractivity contribution in [2.24, 2.45) is 11.3 Å². The van der Waals surface area contributed by atoms with Gasteiger partial charge in [-0.05, 0) is 30.9 Å². The molecule has 2 fully saturated rings. The molecule has 2 aliphatic heterocycles. The number of nitrogens with zero attached hydrogens (tertiary/aromatic N) is 2. The quantitative estimate of drug-likeness (QED) is 0.787. The standard InChI is InChI=1S/C16H21F3N2O3S/c1-12(6-13-2-3-14(20-7-13)24-16(17,18)19)8-21-5-4-15(9-21)10-25(22,23)11-15/h2-3,7,12H,4-6,8-11H2,1H3/t12-/m1/s1. The second-order valence-corrected chi connectivity index (χ2v) is 9.44. The van der Waals surface area contributed by atoms with E-state index < -0.39 is 22.1 Å². The summed E-state index contributed by atoms with van der Waals surface area (Å²) in [7, 11) is -2.82. The molecule has 140 valence electrons. The number of hydrogen-bond acceptors (Lipinski definition) is 5. The van der Waals surface area contributed by atoms with Crippen LogP contribution in [0.1, 0.15) is 18.9 Å². The number of rotatable bonds is 5. The van der Waals surface area contributed by atoms with Gasteiger partial charge in [-0.3, -0.25) is 0 Å². The summed E-state index contributed by atoms with van der Waals surface area (Å²) in [6.45, 7) is 4.62. The van der Waals surface area contributed by atoms with Crippen LogP contribution in [0.15, 0.2) is 18.3 Å². The molecule has 0 amide bonds. The largest absolute Gasteiger partial charge is 0.574 e. The zero-order valence-electron chi connectivity index (χ0n) is 13.9. The summed E-state index contributed by atoms with van der Waals surface area (Å²) < 4.78 is 63.0. The van der Waals surface area contributed by atoms with E-state index in [1.807, 2.05) is 0 Å². The van der Waals surface area contributed by atoms with Gasteiger partial charge in [-0.25, -0.2) is 13.4 Å². The molecule has 3 heterocycles. The summed E-state index contributed by atoms with van der Waals surface area (Å²) in [6.07, 6.45) is -1.71. The topological polar surface area (TPSA) is 59.5 Å². The zero-order valence-corrected chi connectivity index (χ0v) is 14.7. The van der Waals surface area contributed by atoms with Crippen LogP contribution < -0.4 is 4.74 Å². The molecule has 0 aromatic carbocycles. The van der Waals surface area contributed by atoms with Gasteiger partial charge in [-0.2, -0.15) is 0 Å². The Morgan fingerprint density at radius 3 is 2.64 bits per heavy atom. The van der Waals surface area contributed by atoms with Gasteiger partial charge >= 0.3 is 6.36 Å². The Balaban J connectivity index is 1.47. The van der Waals surface area contributed by atoms with Gasteiger partial charge in [0.15, 0.2) is 9.84 Å². The first-order chi connectivity index (χ1) is 11.5. The number of likely N-dealkylation sites (tertiary alicyclic amines) is 1. The van der Waals surface area contributed by atoms with Crippen LogP contribution in [-0.2, 0) is 16.3 Å². The van der Waals surface area contributed by atoms with Crippen LogP contribution in [0.2, 0.25) is 0 Å². The normalized spacial score (nSPS) is 23.4. The number of alkyl halides is 3. The van der Waals surface area contributed by atoms with E-state index in [-0.39, 0.29) is 5.41 Å². The van der Waals surface area contributed by atoms with Crippen molar-refractivity contribution in [1.29, 1.82) is 0 Å². The van der Waals surface area contributed by atoms with E-state index in [2.05, 4.69) is 21.5 Å². The molecule has 9 heteroatoms. The van der Waals surface area contributed by atoms with Gasteiger partial charge in [-0.15, -0.1) is 13.2 Å². The SMILES string of the molecule is C[C@H](Cc1ccc(OC(F)(F)F)nc1)CN1CCC2(C1)CS(=O)(=O)C2. The molecule has 0 radical (unpaired) electrons. The Morgan fingerprint density at radius 2 is 2.08 bits per heavy atom. The van der Waals surface area contributed by atoms with Gasteiger partial charge in [-0.1, -0.05) is 13.0 Å². The number of ether oxygens (including phenoxy) is 1. The second kappa shape index (κ2) is 6.42. The Kier molecular flexibility index (Phi) is 4.74. The van der Waals surface area contributed by atoms with Crippen molar-refractivity contribution in [2.45, 2.75) is 26.1 Å². The average molecular weight is 378 g/mol. The minimum atomic E-state index is -4.73. The molecule has 1 spiro atoms. The fourth-order valence-electron chi connectivity index (χ4n) is 3.93. The molecule has 0 unspecified atom stereocenters. The Labute approximate surface area is 145 Å². The van der Waals surface area contributed by atoms with E-state index in [1.165, 1.54) is 12.3 Å². The fraction of sp³-hybridized carbons (Fsp3) is 0.688. The zero-order chi connectivity index (χ0) is 18.3. The molecule has 0 aliphatic carbocycles. The van der Waals surface area contributed by atoms with Crippen molar-refractivity contribution in [1.82, 2.24) is 9.88 Å². The van der Waals surface area contributed by atoms with Gasteiger partial charge in [0, 0.05) is 30.8 Å². The van der Waals surface area contributed by atoms with Gasteiger partial charge in [0.05, 0.1) is 11.5 Å². The first-order valence-electron chi connectivity index (χ1n) is 8.18. The second-order valence-electron chi connectivity index (χ2n) is 7.38. The highest BCUT2D eigenvalue weighted by atomic mass is 32.2. The van der Waals surface area contributed by atoms with Crippen molar-refractivity contribution in [3.63, 3.8) is 0 Å². The smallest absolute Gasteiger partial charge is 0.388 e. The first-order valence-corrected chi connectivity index (χ1v) is 10.00. The minimum Gasteiger partial charge on any atom is -0.388 e. The van der Waals surface area contributed by atoms with E-state index in [9.17, 15) is 21.6 Å². The molecule has 2 aliphatic rings. The van der Waals surface area contributed by atoms with Gasteiger partial charge in [0.25, 0.3) is 0 Å². The monoisotopic (exact) mass is 378 g/mol. The van der Waals surface area contributed by atoms with Crippen LogP contribution in [0, 0.1) is 11.3 Å². The third-order valence-electron chi connectivity index (χ3n) is 4.74. The van der Waals surface area contributed by atoms with Crippen LogP contribution in [0.25, 0.3) is 0 Å². The van der Waals surface area contributed by atoms with Crippen molar-refractivity contribution >= 4 is 9.84 Å². The number of pyridine rings is 1. The molecule has 25 heavy (non-hydrogen) atoms. The maximum absolute atomic E-state index is 12.1. The van der Waals surface area contributed by atoms with E-state index in [1.54, 1.807) is 6.07 Å². The first kappa shape index (κ1) is 18.4. The minimum absolute atomic E-state index is 0.0449. The summed E-state index contributed by atoms with van der Waals surface area (Å²) in [5, 5.41) is 0. The Morgan fingerprint density at radius 1 is 1.36 bits per heavy atom. The Hall–Kier alpha value is -1.35. The van der Waals surface area contributed by atoms with Crippen LogP contribution in [-0.4, -0.2) is 55.8 Å². The molecule has 1 atom stereocenters. The number of hydrogen-bond donors (Lipinski definition) is 0. The Bertz CT molecular complexity index is 707. The van der Waals surface area contributed by atoms with Gasteiger partial charge in [0.2, 0.25) is 5.88 Å². The van der Waals surface area contributed by atoms with Crippen LogP contribution >= 0.6 is 0 Å². The highest BCUT2D eigenvalue weighted by Gasteiger charge is 2.51. The third kappa shape index (κ3) is 4.84. The molecule has 0 saturated carbocycles. The van der Waals surface area contributed by atoms with Crippen LogP contribution in [0.4, 0.5) is 13.2 Å². The summed E-state index contributed by atoms with van der Waals surface area (Å²) in [5.41, 5.74) is 0.804. The van der Waals surface area contributed by atoms with Crippen molar-refractivity contribution in [3.8, 4) is 5.88 Å². The van der Waals surface area contributed by atoms with Crippen molar-refractivity contribution in [2.75, 3.05) is 31.1 Å². The molecular formula is C16H21F3N2O3S. The lowest BCUT2D eigenvalue weighted by atomic mass is 9.91. The molecular weight excluding hydrogens is 357 g/mol. The predicted molar refractivity (Wildman–Crippen MR) is 85.9 cm³/mol. The summed E-state index contributed by atoms with van der Waals surface area (Å²) in [4.78, 5) is 5.97. The summed E-state index contributed by atoms with van der Waals surface area (Å²) >= 11 is 0. The van der Waals surface area contributed by atoms with Crippen LogP contribution in [0.5, 0.6) is 5.88 Å². The molecule has 5 nitrogen and oxygen atoms in total. The average Bonchev–Trinajstić information content (AvgIpc) is 2.81. The van der Waals surface area contributed by atoms with E-state index in [0.29, 0.717) is 23.8 Å². The highest BCUT2D eigenvalue weighted by Crippen LogP contribution is 2.41.